The van der Waals surface area contributed by atoms with Crippen LogP contribution in [0.3, 0.4) is 0 Å². The number of aliphatic carboxylic acids is 1. The summed E-state index contributed by atoms with van der Waals surface area (Å²) in [6.45, 7) is 3.46. The maximum atomic E-state index is 11.6. The first kappa shape index (κ1) is 18.9. The van der Waals surface area contributed by atoms with E-state index in [0.29, 0.717) is 12.8 Å². The van der Waals surface area contributed by atoms with Crippen LogP contribution < -0.4 is 10.6 Å². The number of esters is 1. The van der Waals surface area contributed by atoms with Gasteiger partial charge in [0.2, 0.25) is 5.91 Å². The van der Waals surface area contributed by atoms with Gasteiger partial charge in [-0.05, 0) is 18.8 Å². The molecule has 3 N–H and O–H groups in total. The van der Waals surface area contributed by atoms with Crippen LogP contribution >= 0.6 is 0 Å². The van der Waals surface area contributed by atoms with E-state index in [4.69, 9.17) is 5.11 Å². The normalized spacial score (nSPS) is 11.6. The van der Waals surface area contributed by atoms with Gasteiger partial charge in [-0.15, -0.1) is 0 Å². The zero-order valence-electron chi connectivity index (χ0n) is 12.5. The molecule has 0 rings (SSSR count). The summed E-state index contributed by atoms with van der Waals surface area (Å²) in [7, 11) is 1.21. The van der Waals surface area contributed by atoms with Crippen LogP contribution in [0.1, 0.15) is 39.5 Å². The summed E-state index contributed by atoms with van der Waals surface area (Å²) in [6, 6.07) is -1.61. The Kier molecular flexibility index (Phi) is 8.75. The molecular weight excluding hydrogens is 280 g/mol. The summed E-state index contributed by atoms with van der Waals surface area (Å²) in [5.41, 5.74) is 0. The van der Waals surface area contributed by atoms with E-state index < -0.39 is 29.9 Å². The van der Waals surface area contributed by atoms with Crippen molar-refractivity contribution in [1.82, 2.24) is 10.6 Å². The SMILES string of the molecule is COC(=O)C(NC(=O)NC(=O)CCCCC(=O)O)C(C)C. The quantitative estimate of drug-likeness (QED) is 0.447. The smallest absolute Gasteiger partial charge is 0.328 e. The highest BCUT2D eigenvalue weighted by Crippen LogP contribution is 2.03. The Bertz CT molecular complexity index is 394. The van der Waals surface area contributed by atoms with Gasteiger partial charge in [0, 0.05) is 12.8 Å². The minimum atomic E-state index is -0.925. The van der Waals surface area contributed by atoms with Crippen LogP contribution in [0.2, 0.25) is 0 Å². The zero-order chi connectivity index (χ0) is 16.4. The number of nitrogens with one attached hydrogen (secondary N) is 2. The summed E-state index contributed by atoms with van der Waals surface area (Å²) < 4.78 is 4.56. The van der Waals surface area contributed by atoms with Crippen LogP contribution in [-0.2, 0) is 19.1 Å². The third-order valence-corrected chi connectivity index (χ3v) is 2.71. The highest BCUT2D eigenvalue weighted by atomic mass is 16.5. The number of hydrogen-bond acceptors (Lipinski definition) is 5. The molecule has 0 aliphatic heterocycles. The molecule has 0 bridgehead atoms. The van der Waals surface area contributed by atoms with Crippen LogP contribution in [0.5, 0.6) is 0 Å². The van der Waals surface area contributed by atoms with Gasteiger partial charge < -0.3 is 15.2 Å². The van der Waals surface area contributed by atoms with Gasteiger partial charge in [0.15, 0.2) is 0 Å². The molecule has 1 unspecified atom stereocenters. The Hall–Kier alpha value is -2.12. The van der Waals surface area contributed by atoms with Crippen molar-refractivity contribution in [2.24, 2.45) is 5.92 Å². The highest BCUT2D eigenvalue weighted by Gasteiger charge is 2.25. The molecule has 0 aromatic rings. The van der Waals surface area contributed by atoms with Crippen molar-refractivity contribution in [1.29, 1.82) is 0 Å². The van der Waals surface area contributed by atoms with Gasteiger partial charge in [-0.1, -0.05) is 13.8 Å². The third kappa shape index (κ3) is 8.61. The third-order valence-electron chi connectivity index (χ3n) is 2.71. The van der Waals surface area contributed by atoms with Crippen molar-refractivity contribution in [2.75, 3.05) is 7.11 Å². The van der Waals surface area contributed by atoms with E-state index >= 15 is 0 Å². The number of carboxylic acid groups (broad SMARTS) is 1. The molecular formula is C13H22N2O6. The zero-order valence-corrected chi connectivity index (χ0v) is 12.5. The number of unbranched alkanes of at least 4 members (excludes halogenated alkanes) is 1. The van der Waals surface area contributed by atoms with Crippen molar-refractivity contribution in [3.05, 3.63) is 0 Å². The highest BCUT2D eigenvalue weighted by molar-refractivity contribution is 5.95. The molecule has 1 atom stereocenters. The number of hydrogen-bond donors (Lipinski definition) is 3. The number of ether oxygens (including phenoxy) is 1. The maximum absolute atomic E-state index is 11.6. The summed E-state index contributed by atoms with van der Waals surface area (Å²) in [5.74, 6) is -2.22. The van der Waals surface area contributed by atoms with Crippen molar-refractivity contribution >= 4 is 23.9 Å². The summed E-state index contributed by atoms with van der Waals surface area (Å²) in [5, 5.41) is 12.9. The van der Waals surface area contributed by atoms with Crippen LogP contribution in [-0.4, -0.2) is 42.1 Å². The van der Waals surface area contributed by atoms with Crippen LogP contribution in [0.15, 0.2) is 0 Å². The second-order valence-electron chi connectivity index (χ2n) is 4.87. The van der Waals surface area contributed by atoms with E-state index in [1.807, 2.05) is 0 Å². The fourth-order valence-electron chi connectivity index (χ4n) is 1.55. The van der Waals surface area contributed by atoms with Crippen LogP contribution in [0, 0.1) is 5.92 Å². The fourth-order valence-corrected chi connectivity index (χ4v) is 1.55. The van der Waals surface area contributed by atoms with Gasteiger partial charge in [-0.2, -0.15) is 0 Å². The topological polar surface area (TPSA) is 122 Å². The molecule has 0 saturated heterocycles. The molecule has 0 spiro atoms. The molecule has 0 heterocycles. The molecule has 0 radical (unpaired) electrons. The number of amides is 3. The number of imide groups is 1. The molecule has 8 heteroatoms. The van der Waals surface area contributed by atoms with Crippen molar-refractivity contribution in [2.45, 2.75) is 45.6 Å². The van der Waals surface area contributed by atoms with Crippen molar-refractivity contribution in [3.8, 4) is 0 Å². The standard InChI is InChI=1S/C13H22N2O6/c1-8(2)11(12(19)21-3)15-13(20)14-9(16)6-4-5-7-10(17)18/h8,11H,4-7H2,1-3H3,(H,17,18)(H2,14,15,16,20). The largest absolute Gasteiger partial charge is 0.481 e. The number of carbonyl (C=O) groups excluding carboxylic acids is 3. The van der Waals surface area contributed by atoms with E-state index in [2.05, 4.69) is 15.4 Å². The lowest BCUT2D eigenvalue weighted by molar-refractivity contribution is -0.144. The molecule has 3 amide bonds. The van der Waals surface area contributed by atoms with E-state index in [0.717, 1.165) is 0 Å². The second-order valence-corrected chi connectivity index (χ2v) is 4.87. The lowest BCUT2D eigenvalue weighted by Crippen LogP contribution is -2.50. The monoisotopic (exact) mass is 302 g/mol. The molecule has 0 fully saturated rings. The minimum absolute atomic E-state index is 0.0166. The van der Waals surface area contributed by atoms with Gasteiger partial charge in [0.1, 0.15) is 6.04 Å². The Morgan fingerprint density at radius 3 is 2.14 bits per heavy atom. The van der Waals surface area contributed by atoms with Gasteiger partial charge in [0.05, 0.1) is 7.11 Å². The molecule has 0 aromatic heterocycles. The number of rotatable bonds is 8. The van der Waals surface area contributed by atoms with Gasteiger partial charge >= 0.3 is 18.0 Å². The van der Waals surface area contributed by atoms with Gasteiger partial charge in [-0.25, -0.2) is 9.59 Å². The van der Waals surface area contributed by atoms with Crippen LogP contribution in [0.4, 0.5) is 4.79 Å². The lowest BCUT2D eigenvalue weighted by atomic mass is 10.1. The summed E-state index contributed by atoms with van der Waals surface area (Å²) in [6.07, 6.45) is 0.764. The Labute approximate surface area is 123 Å². The minimum Gasteiger partial charge on any atom is -0.481 e. The first-order valence-corrected chi connectivity index (χ1v) is 6.67. The summed E-state index contributed by atoms with van der Waals surface area (Å²) in [4.78, 5) is 44.8. The van der Waals surface area contributed by atoms with E-state index in [1.165, 1.54) is 7.11 Å². The first-order valence-electron chi connectivity index (χ1n) is 6.67. The molecule has 0 aliphatic rings. The molecule has 0 aromatic carbocycles. The Morgan fingerprint density at radius 2 is 1.67 bits per heavy atom. The molecule has 8 nitrogen and oxygen atoms in total. The average molecular weight is 302 g/mol. The van der Waals surface area contributed by atoms with Crippen LogP contribution in [0.25, 0.3) is 0 Å². The number of urea groups is 1. The van der Waals surface area contributed by atoms with Gasteiger partial charge in [0.25, 0.3) is 0 Å². The summed E-state index contributed by atoms with van der Waals surface area (Å²) >= 11 is 0. The lowest BCUT2D eigenvalue weighted by Gasteiger charge is -2.19. The average Bonchev–Trinajstić information content (AvgIpc) is 2.39. The number of methoxy groups -OCH3 is 1. The predicted octanol–water partition coefficient (Wildman–Crippen LogP) is 0.655. The van der Waals surface area contributed by atoms with Crippen molar-refractivity contribution < 1.29 is 29.0 Å². The van der Waals surface area contributed by atoms with E-state index in [1.54, 1.807) is 13.8 Å². The predicted molar refractivity (Wildman–Crippen MR) is 73.4 cm³/mol. The first-order chi connectivity index (χ1) is 9.77. The number of carboxylic acids is 1. The van der Waals surface area contributed by atoms with Gasteiger partial charge in [-0.3, -0.25) is 14.9 Å². The maximum Gasteiger partial charge on any atom is 0.328 e. The Morgan fingerprint density at radius 1 is 1.10 bits per heavy atom. The molecule has 120 valence electrons. The molecule has 0 saturated carbocycles. The Balaban J connectivity index is 4.14. The van der Waals surface area contributed by atoms with E-state index in [-0.39, 0.29) is 18.8 Å². The fraction of sp³-hybridized carbons (Fsp3) is 0.692. The molecule has 21 heavy (non-hydrogen) atoms. The molecule has 0 aliphatic carbocycles. The second kappa shape index (κ2) is 9.73. The van der Waals surface area contributed by atoms with E-state index in [9.17, 15) is 19.2 Å². The van der Waals surface area contributed by atoms with Crippen molar-refractivity contribution in [3.63, 3.8) is 0 Å². The number of carbonyl (C=O) groups is 4.